The number of ether oxygens (including phenoxy) is 1. The molecule has 1 fully saturated rings. The van der Waals surface area contributed by atoms with E-state index < -0.39 is 5.41 Å². The Hall–Kier alpha value is -3.11. The zero-order valence-electron chi connectivity index (χ0n) is 17.0. The number of nitriles is 1. The summed E-state index contributed by atoms with van der Waals surface area (Å²) in [5.41, 5.74) is 2.57. The Bertz CT molecular complexity index is 922. The molecule has 2 heterocycles. The van der Waals surface area contributed by atoms with Gasteiger partial charge >= 0.3 is 0 Å². The van der Waals surface area contributed by atoms with Crippen molar-refractivity contribution in [2.24, 2.45) is 5.41 Å². The Balaban J connectivity index is 1.84. The SMILES string of the molecule is COc1cccc(CC2(C(=O)NCCO)CN(c3cc(C)c(C#N)c(C)n3)C2)c1. The van der Waals surface area contributed by atoms with Crippen molar-refractivity contribution < 1.29 is 14.6 Å². The minimum Gasteiger partial charge on any atom is -0.497 e. The van der Waals surface area contributed by atoms with Crippen molar-refractivity contribution in [3.63, 3.8) is 0 Å². The zero-order valence-corrected chi connectivity index (χ0v) is 17.0. The molecule has 0 atom stereocenters. The summed E-state index contributed by atoms with van der Waals surface area (Å²) in [6, 6.07) is 11.8. The minimum atomic E-state index is -0.612. The molecular formula is C22H26N4O3. The lowest BCUT2D eigenvalue weighted by atomic mass is 9.73. The van der Waals surface area contributed by atoms with Crippen LogP contribution in [0, 0.1) is 30.6 Å². The molecule has 1 aliphatic heterocycles. The number of aromatic nitrogens is 1. The van der Waals surface area contributed by atoms with Crippen molar-refractivity contribution in [3.05, 3.63) is 52.7 Å². The van der Waals surface area contributed by atoms with Crippen LogP contribution in [0.2, 0.25) is 0 Å². The molecule has 152 valence electrons. The van der Waals surface area contributed by atoms with E-state index in [0.29, 0.717) is 30.8 Å². The summed E-state index contributed by atoms with van der Waals surface area (Å²) in [7, 11) is 1.62. The molecule has 0 saturated carbocycles. The van der Waals surface area contributed by atoms with Gasteiger partial charge < -0.3 is 20.1 Å². The van der Waals surface area contributed by atoms with E-state index in [-0.39, 0.29) is 19.1 Å². The summed E-state index contributed by atoms with van der Waals surface area (Å²) in [6.07, 6.45) is 0.562. The number of rotatable bonds is 7. The third kappa shape index (κ3) is 4.17. The topological polar surface area (TPSA) is 98.5 Å². The van der Waals surface area contributed by atoms with Gasteiger partial charge in [-0.25, -0.2) is 4.98 Å². The molecule has 2 N–H and O–H groups in total. The van der Waals surface area contributed by atoms with Crippen LogP contribution in [0.1, 0.15) is 22.4 Å². The number of amides is 1. The summed E-state index contributed by atoms with van der Waals surface area (Å²) in [4.78, 5) is 19.5. The van der Waals surface area contributed by atoms with Gasteiger partial charge in [-0.3, -0.25) is 4.79 Å². The summed E-state index contributed by atoms with van der Waals surface area (Å²) >= 11 is 0. The van der Waals surface area contributed by atoms with Gasteiger partial charge in [0.15, 0.2) is 0 Å². The normalized spacial score (nSPS) is 14.7. The number of hydrogen-bond donors (Lipinski definition) is 2. The van der Waals surface area contributed by atoms with Gasteiger partial charge in [0, 0.05) is 19.6 Å². The first-order valence-corrected chi connectivity index (χ1v) is 9.58. The highest BCUT2D eigenvalue weighted by Crippen LogP contribution is 2.38. The molecule has 1 saturated heterocycles. The molecule has 0 spiro atoms. The molecule has 7 heteroatoms. The van der Waals surface area contributed by atoms with E-state index in [1.165, 1.54) is 0 Å². The number of carbonyl (C=O) groups excluding carboxylic acids is 1. The summed E-state index contributed by atoms with van der Waals surface area (Å²) in [6.45, 7) is 4.88. The number of benzene rings is 1. The lowest BCUT2D eigenvalue weighted by molar-refractivity contribution is -0.132. The van der Waals surface area contributed by atoms with Gasteiger partial charge in [-0.1, -0.05) is 12.1 Å². The Morgan fingerprint density at radius 2 is 2.14 bits per heavy atom. The Kier molecular flexibility index (Phi) is 6.04. The molecular weight excluding hydrogens is 368 g/mol. The molecule has 29 heavy (non-hydrogen) atoms. The molecule has 1 aromatic carbocycles. The fourth-order valence-electron chi connectivity index (χ4n) is 3.85. The summed E-state index contributed by atoms with van der Waals surface area (Å²) in [5.74, 6) is 1.45. The van der Waals surface area contributed by atoms with E-state index in [1.807, 2.05) is 44.2 Å². The largest absolute Gasteiger partial charge is 0.497 e. The molecule has 0 unspecified atom stereocenters. The molecule has 0 aliphatic carbocycles. The number of nitrogens with zero attached hydrogens (tertiary/aromatic N) is 3. The van der Waals surface area contributed by atoms with Gasteiger partial charge in [-0.15, -0.1) is 0 Å². The number of nitrogens with one attached hydrogen (secondary N) is 1. The third-order valence-electron chi connectivity index (χ3n) is 5.36. The monoisotopic (exact) mass is 394 g/mol. The molecule has 1 aromatic heterocycles. The van der Waals surface area contributed by atoms with E-state index in [4.69, 9.17) is 9.84 Å². The first-order valence-electron chi connectivity index (χ1n) is 9.58. The average Bonchev–Trinajstić information content (AvgIpc) is 2.68. The van der Waals surface area contributed by atoms with E-state index >= 15 is 0 Å². The molecule has 1 amide bonds. The van der Waals surface area contributed by atoms with Crippen molar-refractivity contribution in [3.8, 4) is 11.8 Å². The third-order valence-corrected chi connectivity index (χ3v) is 5.36. The van der Waals surface area contributed by atoms with Crippen molar-refractivity contribution in [2.75, 3.05) is 38.3 Å². The van der Waals surface area contributed by atoms with Crippen LogP contribution in [0.5, 0.6) is 5.75 Å². The Labute approximate surface area is 170 Å². The van der Waals surface area contributed by atoms with Crippen LogP contribution in [-0.4, -0.2) is 49.3 Å². The Morgan fingerprint density at radius 3 is 2.76 bits per heavy atom. The number of aryl methyl sites for hydroxylation is 2. The standard InChI is InChI=1S/C22H26N4O3/c1-15-9-20(25-16(2)19(15)12-23)26-13-22(14-26,21(28)24-7-8-27)11-17-5-4-6-18(10-17)29-3/h4-6,9-10,27H,7-8,11,13-14H2,1-3H3,(H,24,28). The van der Waals surface area contributed by atoms with Gasteiger partial charge in [-0.05, 0) is 49.6 Å². The number of anilines is 1. The number of aliphatic hydroxyl groups is 1. The number of carbonyl (C=O) groups is 1. The second kappa shape index (κ2) is 8.50. The van der Waals surface area contributed by atoms with Crippen molar-refractivity contribution in [1.29, 1.82) is 5.26 Å². The predicted octanol–water partition coefficient (Wildman–Crippen LogP) is 1.74. The van der Waals surface area contributed by atoms with Gasteiger partial charge in [0.25, 0.3) is 0 Å². The van der Waals surface area contributed by atoms with Gasteiger partial charge in [0.2, 0.25) is 5.91 Å². The maximum atomic E-state index is 12.9. The van der Waals surface area contributed by atoms with Crippen molar-refractivity contribution in [2.45, 2.75) is 20.3 Å². The number of aliphatic hydroxyl groups excluding tert-OH is 1. The maximum absolute atomic E-state index is 12.9. The molecule has 0 radical (unpaired) electrons. The van der Waals surface area contributed by atoms with Crippen molar-refractivity contribution in [1.82, 2.24) is 10.3 Å². The minimum absolute atomic E-state index is 0.0762. The van der Waals surface area contributed by atoms with Crippen LogP contribution in [0.15, 0.2) is 30.3 Å². The highest BCUT2D eigenvalue weighted by molar-refractivity contribution is 5.86. The van der Waals surface area contributed by atoms with E-state index in [0.717, 1.165) is 22.7 Å². The molecule has 2 aromatic rings. The average molecular weight is 394 g/mol. The summed E-state index contributed by atoms with van der Waals surface area (Å²) < 4.78 is 5.30. The highest BCUT2D eigenvalue weighted by Gasteiger charge is 2.49. The van der Waals surface area contributed by atoms with Crippen LogP contribution in [0.4, 0.5) is 5.82 Å². The fraction of sp³-hybridized carbons (Fsp3) is 0.409. The summed E-state index contributed by atoms with van der Waals surface area (Å²) in [5, 5.41) is 21.2. The van der Waals surface area contributed by atoms with Gasteiger partial charge in [0.05, 0.1) is 30.4 Å². The fourth-order valence-corrected chi connectivity index (χ4v) is 3.85. The highest BCUT2D eigenvalue weighted by atomic mass is 16.5. The first kappa shape index (κ1) is 20.6. The smallest absolute Gasteiger partial charge is 0.230 e. The maximum Gasteiger partial charge on any atom is 0.230 e. The molecule has 0 bridgehead atoms. The zero-order chi connectivity index (χ0) is 21.0. The van der Waals surface area contributed by atoms with Gasteiger partial charge in [-0.2, -0.15) is 5.26 Å². The number of pyridine rings is 1. The van der Waals surface area contributed by atoms with E-state index in [2.05, 4.69) is 21.3 Å². The number of methoxy groups -OCH3 is 1. The van der Waals surface area contributed by atoms with Gasteiger partial charge in [0.1, 0.15) is 17.6 Å². The van der Waals surface area contributed by atoms with Crippen LogP contribution < -0.4 is 15.0 Å². The molecule has 1 aliphatic rings. The molecule has 3 rings (SSSR count). The van der Waals surface area contributed by atoms with Crippen LogP contribution in [0.25, 0.3) is 0 Å². The second-order valence-corrected chi connectivity index (χ2v) is 7.51. The van der Waals surface area contributed by atoms with Crippen LogP contribution in [-0.2, 0) is 11.2 Å². The van der Waals surface area contributed by atoms with E-state index in [9.17, 15) is 10.1 Å². The second-order valence-electron chi connectivity index (χ2n) is 7.51. The first-order chi connectivity index (χ1) is 13.9. The van der Waals surface area contributed by atoms with E-state index in [1.54, 1.807) is 7.11 Å². The quantitative estimate of drug-likeness (QED) is 0.742. The number of hydrogen-bond acceptors (Lipinski definition) is 6. The van der Waals surface area contributed by atoms with Crippen LogP contribution in [0.3, 0.4) is 0 Å². The lowest BCUT2D eigenvalue weighted by Crippen LogP contribution is -2.65. The van der Waals surface area contributed by atoms with Crippen LogP contribution >= 0.6 is 0 Å². The predicted molar refractivity (Wildman–Crippen MR) is 110 cm³/mol. The molecule has 7 nitrogen and oxygen atoms in total. The lowest BCUT2D eigenvalue weighted by Gasteiger charge is -2.49. The van der Waals surface area contributed by atoms with Crippen molar-refractivity contribution >= 4 is 11.7 Å². The Morgan fingerprint density at radius 1 is 1.38 bits per heavy atom.